The molecule has 1 aromatic carbocycles. The maximum Gasteiger partial charge on any atom is 0.276 e. The second kappa shape index (κ2) is 7.59. The van der Waals surface area contributed by atoms with Crippen molar-refractivity contribution in [2.24, 2.45) is 0 Å². The van der Waals surface area contributed by atoms with Gasteiger partial charge in [0.15, 0.2) is 5.69 Å². The van der Waals surface area contributed by atoms with Gasteiger partial charge in [-0.1, -0.05) is 35.0 Å². The number of sulfonamides is 1. The minimum atomic E-state index is -3.42. The van der Waals surface area contributed by atoms with E-state index in [-0.39, 0.29) is 23.9 Å². The summed E-state index contributed by atoms with van der Waals surface area (Å²) in [4.78, 5) is 14.1. The highest BCUT2D eigenvalue weighted by Crippen LogP contribution is 2.16. The van der Waals surface area contributed by atoms with Crippen molar-refractivity contribution in [2.45, 2.75) is 26.0 Å². The van der Waals surface area contributed by atoms with E-state index < -0.39 is 10.0 Å². The van der Waals surface area contributed by atoms with Gasteiger partial charge in [-0.3, -0.25) is 4.79 Å². The lowest BCUT2D eigenvalue weighted by Gasteiger charge is -2.21. The number of benzene rings is 1. The highest BCUT2D eigenvalue weighted by atomic mass is 32.2. The Morgan fingerprint density at radius 3 is 2.65 bits per heavy atom. The van der Waals surface area contributed by atoms with Gasteiger partial charge < -0.3 is 9.42 Å². The van der Waals surface area contributed by atoms with Crippen LogP contribution in [0.5, 0.6) is 0 Å². The highest BCUT2D eigenvalue weighted by Gasteiger charge is 2.28. The number of amides is 1. The normalized spacial score (nSPS) is 16.5. The van der Waals surface area contributed by atoms with Crippen LogP contribution in [0.2, 0.25) is 0 Å². The molecule has 1 amide bonds. The van der Waals surface area contributed by atoms with Gasteiger partial charge in [0, 0.05) is 32.2 Å². The molecule has 1 fully saturated rings. The molecule has 1 aliphatic heterocycles. The summed E-state index contributed by atoms with van der Waals surface area (Å²) in [5, 5.41) is 3.76. The van der Waals surface area contributed by atoms with E-state index in [2.05, 4.69) is 5.16 Å². The number of aryl methyl sites for hydroxylation is 2. The van der Waals surface area contributed by atoms with Crippen LogP contribution in [-0.4, -0.2) is 54.9 Å². The number of carbonyl (C=O) groups excluding carboxylic acids is 1. The number of hydrogen-bond donors (Lipinski definition) is 0. The second-order valence-electron chi connectivity index (χ2n) is 6.61. The lowest BCUT2D eigenvalue weighted by molar-refractivity contribution is 0.0754. The monoisotopic (exact) mass is 377 g/mol. The largest absolute Gasteiger partial charge is 0.361 e. The Balaban J connectivity index is 1.66. The molecule has 0 bridgehead atoms. The van der Waals surface area contributed by atoms with E-state index in [1.54, 1.807) is 17.9 Å². The molecular weight excluding hydrogens is 354 g/mol. The second-order valence-corrected chi connectivity index (χ2v) is 8.58. The molecule has 0 saturated carbocycles. The minimum absolute atomic E-state index is 0.0227. The number of rotatable bonds is 4. The van der Waals surface area contributed by atoms with Gasteiger partial charge in [0.1, 0.15) is 5.76 Å². The Hall–Kier alpha value is -2.19. The zero-order valence-electron chi connectivity index (χ0n) is 15.0. The molecule has 0 spiro atoms. The number of carbonyl (C=O) groups is 1. The summed E-state index contributed by atoms with van der Waals surface area (Å²) in [6.45, 7) is 5.22. The van der Waals surface area contributed by atoms with Gasteiger partial charge in [0.2, 0.25) is 10.0 Å². The van der Waals surface area contributed by atoms with Crippen LogP contribution in [0.15, 0.2) is 34.9 Å². The van der Waals surface area contributed by atoms with Crippen LogP contribution in [-0.2, 0) is 15.8 Å². The lowest BCUT2D eigenvalue weighted by Crippen LogP contribution is -2.37. The molecule has 26 heavy (non-hydrogen) atoms. The topological polar surface area (TPSA) is 83.7 Å². The average molecular weight is 377 g/mol. The molecule has 1 aliphatic rings. The Bertz CT molecular complexity index is 891. The van der Waals surface area contributed by atoms with Gasteiger partial charge >= 0.3 is 0 Å². The molecule has 140 valence electrons. The summed E-state index contributed by atoms with van der Waals surface area (Å²) < 4.78 is 32.0. The van der Waals surface area contributed by atoms with Crippen LogP contribution in [0.1, 0.15) is 33.8 Å². The first-order chi connectivity index (χ1) is 12.3. The summed E-state index contributed by atoms with van der Waals surface area (Å²) in [6, 6.07) is 9.11. The summed E-state index contributed by atoms with van der Waals surface area (Å²) in [6.07, 6.45) is 0.593. The molecule has 0 N–H and O–H groups in total. The molecule has 0 radical (unpaired) electrons. The number of hydrogen-bond acceptors (Lipinski definition) is 5. The predicted molar refractivity (Wildman–Crippen MR) is 97.1 cm³/mol. The van der Waals surface area contributed by atoms with Crippen LogP contribution < -0.4 is 0 Å². The fraction of sp³-hybridized carbons (Fsp3) is 0.444. The van der Waals surface area contributed by atoms with Gasteiger partial charge in [-0.25, -0.2) is 8.42 Å². The molecule has 7 nitrogen and oxygen atoms in total. The summed E-state index contributed by atoms with van der Waals surface area (Å²) in [5.74, 6) is 0.329. The lowest BCUT2D eigenvalue weighted by atomic mass is 10.2. The van der Waals surface area contributed by atoms with E-state index >= 15 is 0 Å². The predicted octanol–water partition coefficient (Wildman–Crippen LogP) is 1.97. The molecule has 8 heteroatoms. The molecule has 2 aromatic rings. The van der Waals surface area contributed by atoms with Crippen molar-refractivity contribution in [3.05, 3.63) is 52.9 Å². The van der Waals surface area contributed by atoms with Crippen molar-refractivity contribution in [1.82, 2.24) is 14.4 Å². The zero-order valence-corrected chi connectivity index (χ0v) is 15.8. The van der Waals surface area contributed by atoms with Crippen molar-refractivity contribution in [2.75, 3.05) is 26.2 Å². The Kier molecular flexibility index (Phi) is 5.43. The zero-order chi connectivity index (χ0) is 18.7. The van der Waals surface area contributed by atoms with E-state index in [9.17, 15) is 13.2 Å². The van der Waals surface area contributed by atoms with Gasteiger partial charge in [-0.2, -0.15) is 4.31 Å². The van der Waals surface area contributed by atoms with Crippen LogP contribution >= 0.6 is 0 Å². The standard InChI is InChI=1S/C18H23N3O4S/c1-14-5-3-6-16(11-14)13-26(23,24)21-8-4-7-20(9-10-21)18(22)17-12-15(2)25-19-17/h3,5-6,11-12H,4,7-10,13H2,1-2H3. The van der Waals surface area contributed by atoms with Gasteiger partial charge in [-0.05, 0) is 25.8 Å². The smallest absolute Gasteiger partial charge is 0.276 e. The Morgan fingerprint density at radius 2 is 1.96 bits per heavy atom. The van der Waals surface area contributed by atoms with Crippen molar-refractivity contribution in [3.8, 4) is 0 Å². The quantitative estimate of drug-likeness (QED) is 0.813. The summed E-state index contributed by atoms with van der Waals surface area (Å²) in [5.41, 5.74) is 2.08. The first-order valence-electron chi connectivity index (χ1n) is 8.61. The van der Waals surface area contributed by atoms with Gasteiger partial charge in [0.05, 0.1) is 5.75 Å². The maximum absolute atomic E-state index is 12.8. The van der Waals surface area contributed by atoms with Crippen LogP contribution in [0.3, 0.4) is 0 Å². The fourth-order valence-electron chi connectivity index (χ4n) is 3.11. The molecule has 1 aromatic heterocycles. The minimum Gasteiger partial charge on any atom is -0.361 e. The third-order valence-electron chi connectivity index (χ3n) is 4.41. The molecule has 0 atom stereocenters. The Labute approximate surface area is 153 Å². The molecule has 2 heterocycles. The third kappa shape index (κ3) is 4.31. The number of aromatic nitrogens is 1. The molecular formula is C18H23N3O4S. The first kappa shape index (κ1) is 18.6. The van der Waals surface area contributed by atoms with E-state index in [1.807, 2.05) is 31.2 Å². The van der Waals surface area contributed by atoms with Crippen LogP contribution in [0.25, 0.3) is 0 Å². The van der Waals surface area contributed by atoms with E-state index in [0.29, 0.717) is 31.8 Å². The van der Waals surface area contributed by atoms with Crippen molar-refractivity contribution in [3.63, 3.8) is 0 Å². The van der Waals surface area contributed by atoms with E-state index in [1.165, 1.54) is 4.31 Å². The summed E-state index contributed by atoms with van der Waals surface area (Å²) in [7, 11) is -3.42. The third-order valence-corrected chi connectivity index (χ3v) is 6.26. The molecule has 0 unspecified atom stereocenters. The van der Waals surface area contributed by atoms with Gasteiger partial charge in [-0.15, -0.1) is 0 Å². The van der Waals surface area contributed by atoms with Crippen molar-refractivity contribution >= 4 is 15.9 Å². The number of nitrogens with zero attached hydrogens (tertiary/aromatic N) is 3. The average Bonchev–Trinajstić information content (AvgIpc) is 2.86. The van der Waals surface area contributed by atoms with E-state index in [4.69, 9.17) is 4.52 Å². The van der Waals surface area contributed by atoms with Crippen LogP contribution in [0, 0.1) is 13.8 Å². The van der Waals surface area contributed by atoms with E-state index in [0.717, 1.165) is 11.1 Å². The maximum atomic E-state index is 12.8. The Morgan fingerprint density at radius 1 is 1.15 bits per heavy atom. The molecule has 0 aliphatic carbocycles. The molecule has 1 saturated heterocycles. The fourth-order valence-corrected chi connectivity index (χ4v) is 4.66. The SMILES string of the molecule is Cc1cccc(CS(=O)(=O)N2CCCN(C(=O)c3cc(C)on3)CC2)c1. The van der Waals surface area contributed by atoms with Crippen molar-refractivity contribution < 1.29 is 17.7 Å². The summed E-state index contributed by atoms with van der Waals surface area (Å²) >= 11 is 0. The van der Waals surface area contributed by atoms with Crippen molar-refractivity contribution in [1.29, 1.82) is 0 Å². The highest BCUT2D eigenvalue weighted by molar-refractivity contribution is 7.88. The molecule has 3 rings (SSSR count). The van der Waals surface area contributed by atoms with Crippen LogP contribution in [0.4, 0.5) is 0 Å². The first-order valence-corrected chi connectivity index (χ1v) is 10.2. The van der Waals surface area contributed by atoms with Gasteiger partial charge in [0.25, 0.3) is 5.91 Å².